The molecule has 2 fully saturated rings. The van der Waals surface area contributed by atoms with E-state index in [4.69, 9.17) is 28.4 Å². The second kappa shape index (κ2) is 15.2. The third kappa shape index (κ3) is 7.23. The van der Waals surface area contributed by atoms with Crippen LogP contribution in [0.1, 0.15) is 48.4 Å². The van der Waals surface area contributed by atoms with Crippen molar-refractivity contribution in [3.8, 4) is 17.2 Å². The van der Waals surface area contributed by atoms with Crippen LogP contribution in [0, 0.1) is 0 Å². The molecule has 3 heterocycles. The second-order valence-electron chi connectivity index (χ2n) is 12.5. The highest BCUT2D eigenvalue weighted by atomic mass is 16.7. The molecule has 0 radical (unpaired) electrons. The number of hydrogen-bond donors (Lipinski definition) is 7. The van der Waals surface area contributed by atoms with Crippen molar-refractivity contribution >= 4 is 5.78 Å². The Labute approximate surface area is 277 Å². The lowest BCUT2D eigenvalue weighted by Gasteiger charge is -2.41. The molecule has 0 bridgehead atoms. The van der Waals surface area contributed by atoms with Crippen LogP contribution in [-0.2, 0) is 20.6 Å². The van der Waals surface area contributed by atoms with Gasteiger partial charge in [0.25, 0.3) is 0 Å². The zero-order chi connectivity index (χ0) is 34.9. The Bertz CT molecular complexity index is 1440. The molecule has 3 aliphatic heterocycles. The summed E-state index contributed by atoms with van der Waals surface area (Å²) in [6.45, 7) is 4.39. The van der Waals surface area contributed by atoms with Crippen LogP contribution in [0.25, 0.3) is 0 Å². The molecule has 0 spiro atoms. The topological polar surface area (TPSA) is 214 Å². The van der Waals surface area contributed by atoms with Gasteiger partial charge in [-0.05, 0) is 57.0 Å². The van der Waals surface area contributed by atoms with Crippen molar-refractivity contribution in [2.75, 3.05) is 20.3 Å². The van der Waals surface area contributed by atoms with Crippen LogP contribution >= 0.6 is 0 Å². The van der Waals surface area contributed by atoms with Crippen molar-refractivity contribution in [1.29, 1.82) is 0 Å². The molecule has 2 aromatic carbocycles. The Morgan fingerprint density at radius 3 is 2.17 bits per heavy atom. The maximum Gasteiger partial charge on any atom is 0.229 e. The summed E-state index contributed by atoms with van der Waals surface area (Å²) in [4.78, 5) is 14.2. The van der Waals surface area contributed by atoms with Crippen molar-refractivity contribution in [3.05, 3.63) is 64.7 Å². The van der Waals surface area contributed by atoms with Gasteiger partial charge < -0.3 is 64.2 Å². The van der Waals surface area contributed by atoms with Gasteiger partial charge in [-0.3, -0.25) is 4.79 Å². The zero-order valence-electron chi connectivity index (χ0n) is 27.1. The van der Waals surface area contributed by atoms with Gasteiger partial charge in [0.1, 0.15) is 66.1 Å². The summed E-state index contributed by atoms with van der Waals surface area (Å²) in [6.07, 6.45) is -13.8. The van der Waals surface area contributed by atoms with Crippen LogP contribution in [0.4, 0.5) is 0 Å². The van der Waals surface area contributed by atoms with Gasteiger partial charge in [-0.15, -0.1) is 0 Å². The molecule has 0 saturated carbocycles. The van der Waals surface area contributed by atoms with E-state index in [1.165, 1.54) is 19.2 Å². The van der Waals surface area contributed by atoms with E-state index in [2.05, 4.69) is 0 Å². The first kappa shape index (κ1) is 36.1. The highest BCUT2D eigenvalue weighted by molar-refractivity contribution is 6.04. The van der Waals surface area contributed by atoms with Gasteiger partial charge in [0.15, 0.2) is 18.0 Å². The van der Waals surface area contributed by atoms with Crippen molar-refractivity contribution in [1.82, 2.24) is 0 Å². The van der Waals surface area contributed by atoms with Crippen LogP contribution in [0.5, 0.6) is 17.2 Å². The molecule has 48 heavy (non-hydrogen) atoms. The SMILES string of the molecule is COc1ccc(C2Oc3c(ccc(O[C@@H]4O[C@H](CO)[C@@H](O)[C@H](O)[C@H]4O)c3CC=C(C)C)C(=O)C2OC[C@@H]2O[C@@H](C)[C@H](O)[C@@H](O)[C@H]2O)cc1. The molecule has 2 unspecified atom stereocenters. The highest BCUT2D eigenvalue weighted by Crippen LogP contribution is 2.44. The molecule has 14 nitrogen and oxygen atoms in total. The zero-order valence-corrected chi connectivity index (χ0v) is 27.1. The van der Waals surface area contributed by atoms with Crippen LogP contribution in [-0.4, -0.2) is 129 Å². The van der Waals surface area contributed by atoms with Crippen molar-refractivity contribution in [2.24, 2.45) is 0 Å². The fourth-order valence-electron chi connectivity index (χ4n) is 5.99. The normalized spacial score (nSPS) is 34.9. The van der Waals surface area contributed by atoms with E-state index in [1.54, 1.807) is 31.2 Å². The van der Waals surface area contributed by atoms with E-state index in [1.807, 2.05) is 19.9 Å². The molecule has 7 N–H and O–H groups in total. The van der Waals surface area contributed by atoms with Gasteiger partial charge in [-0.25, -0.2) is 0 Å². The molecule has 5 rings (SSSR count). The summed E-state index contributed by atoms with van der Waals surface area (Å²) in [7, 11) is 1.52. The Balaban J connectivity index is 1.52. The lowest BCUT2D eigenvalue weighted by atomic mass is 9.90. The van der Waals surface area contributed by atoms with Crippen molar-refractivity contribution in [2.45, 2.75) is 101 Å². The van der Waals surface area contributed by atoms with E-state index in [0.29, 0.717) is 16.9 Å². The number of benzene rings is 2. The summed E-state index contributed by atoms with van der Waals surface area (Å²) in [5, 5.41) is 71.8. The maximum atomic E-state index is 14.2. The summed E-state index contributed by atoms with van der Waals surface area (Å²) in [6, 6.07) is 9.80. The molecule has 0 aromatic heterocycles. The first-order valence-electron chi connectivity index (χ1n) is 15.8. The fraction of sp³-hybridized carbons (Fsp3) is 0.559. The predicted octanol–water partition coefficient (Wildman–Crippen LogP) is -0.0458. The van der Waals surface area contributed by atoms with Crippen LogP contribution in [0.2, 0.25) is 0 Å². The molecule has 14 heteroatoms. The molecule has 3 aliphatic rings. The first-order chi connectivity index (χ1) is 22.9. The number of aliphatic hydroxyl groups excluding tert-OH is 7. The smallest absolute Gasteiger partial charge is 0.229 e. The van der Waals surface area contributed by atoms with Gasteiger partial charge >= 0.3 is 0 Å². The van der Waals surface area contributed by atoms with E-state index in [9.17, 15) is 40.5 Å². The quantitative estimate of drug-likeness (QED) is 0.165. The average Bonchev–Trinajstić information content (AvgIpc) is 3.08. The van der Waals surface area contributed by atoms with Crippen LogP contribution < -0.4 is 14.2 Å². The summed E-state index contributed by atoms with van der Waals surface area (Å²) in [5.41, 5.74) is 2.10. The minimum atomic E-state index is -1.66. The molecule has 2 saturated heterocycles. The van der Waals surface area contributed by atoms with Gasteiger partial charge in [-0.1, -0.05) is 23.8 Å². The third-order valence-electron chi connectivity index (χ3n) is 8.90. The number of allylic oxidation sites excluding steroid dienone is 2. The van der Waals surface area contributed by atoms with Gasteiger partial charge in [0.05, 0.1) is 32.0 Å². The number of fused-ring (bicyclic) bond motifs is 1. The maximum absolute atomic E-state index is 14.2. The standard InChI is InChI=1S/C34H44O14/c1-15(2)5-10-19-21(46-34-30(42)29(41)26(38)22(13-35)47-34)12-11-20-25(37)33(44-14-23-27(39)28(40)24(36)16(3)45-23)31(48-32(19)20)17-6-8-18(43-4)9-7-17/h5-9,11-12,16,22-24,26-31,33-36,38-42H,10,13-14H2,1-4H3/t16-,22+,23-,24-,26+,27-,28+,29-,30+,31?,33?,34+/m0/s1. The van der Waals surface area contributed by atoms with Crippen molar-refractivity contribution < 1.29 is 69.0 Å². The van der Waals surface area contributed by atoms with E-state index in [0.717, 1.165) is 5.57 Å². The third-order valence-corrected chi connectivity index (χ3v) is 8.90. The van der Waals surface area contributed by atoms with E-state index in [-0.39, 0.29) is 30.1 Å². The van der Waals surface area contributed by atoms with Gasteiger partial charge in [-0.2, -0.15) is 0 Å². The van der Waals surface area contributed by atoms with E-state index < -0.39 is 85.8 Å². The first-order valence-corrected chi connectivity index (χ1v) is 15.8. The number of methoxy groups -OCH3 is 1. The number of Topliss-reactive ketones (excluding diaryl/α,β-unsaturated/α-hetero) is 1. The lowest BCUT2D eigenvalue weighted by molar-refractivity contribution is -0.277. The highest BCUT2D eigenvalue weighted by Gasteiger charge is 2.47. The molecule has 2 aromatic rings. The predicted molar refractivity (Wildman–Crippen MR) is 167 cm³/mol. The molecule has 0 amide bonds. The van der Waals surface area contributed by atoms with Gasteiger partial charge in [0.2, 0.25) is 6.29 Å². The van der Waals surface area contributed by atoms with Crippen molar-refractivity contribution in [3.63, 3.8) is 0 Å². The number of ether oxygens (including phenoxy) is 6. The monoisotopic (exact) mass is 676 g/mol. The van der Waals surface area contributed by atoms with Crippen LogP contribution in [0.15, 0.2) is 48.0 Å². The summed E-state index contributed by atoms with van der Waals surface area (Å²) in [5.74, 6) is 0.463. The minimum absolute atomic E-state index is 0.163. The average molecular weight is 677 g/mol. The summed E-state index contributed by atoms with van der Waals surface area (Å²) < 4.78 is 35.3. The number of ketones is 1. The Morgan fingerprint density at radius 1 is 0.854 bits per heavy atom. The Morgan fingerprint density at radius 2 is 1.52 bits per heavy atom. The Kier molecular flexibility index (Phi) is 11.4. The molecular weight excluding hydrogens is 632 g/mol. The molecule has 264 valence electrons. The minimum Gasteiger partial charge on any atom is -0.497 e. The van der Waals surface area contributed by atoms with E-state index >= 15 is 0 Å². The Hall–Kier alpha value is -3.15. The molecule has 0 aliphatic carbocycles. The van der Waals surface area contributed by atoms with Crippen LogP contribution in [0.3, 0.4) is 0 Å². The van der Waals surface area contributed by atoms with Gasteiger partial charge in [0, 0.05) is 5.56 Å². The molecular formula is C34H44O14. The number of hydrogen-bond acceptors (Lipinski definition) is 14. The fourth-order valence-corrected chi connectivity index (χ4v) is 5.99. The second-order valence-corrected chi connectivity index (χ2v) is 12.5. The number of carbonyl (C=O) groups is 1. The largest absolute Gasteiger partial charge is 0.497 e. The lowest BCUT2D eigenvalue weighted by Crippen LogP contribution is -2.60. The summed E-state index contributed by atoms with van der Waals surface area (Å²) >= 11 is 0. The number of aliphatic hydroxyl groups is 7. The number of rotatable bonds is 10. The number of carbonyl (C=O) groups excluding carboxylic acids is 1. The molecule has 12 atom stereocenters.